The standard InChI is InChI=1S/C13H7F6N3O/c1-22-5-8(11(21-22)13(17,18)19)7-2-6(4-20)3-9(10(7)23)12(14,15)16/h2-3,5,23H,1H3. The van der Waals surface area contributed by atoms with Gasteiger partial charge in [0.25, 0.3) is 0 Å². The van der Waals surface area contributed by atoms with Gasteiger partial charge in [-0.15, -0.1) is 0 Å². The van der Waals surface area contributed by atoms with Crippen molar-refractivity contribution in [3.8, 4) is 22.9 Å². The minimum Gasteiger partial charge on any atom is -0.507 e. The van der Waals surface area contributed by atoms with E-state index in [0.29, 0.717) is 6.07 Å². The van der Waals surface area contributed by atoms with Crippen LogP contribution in [-0.4, -0.2) is 14.9 Å². The summed E-state index contributed by atoms with van der Waals surface area (Å²) in [7, 11) is 1.15. The Morgan fingerprint density at radius 3 is 2.17 bits per heavy atom. The number of alkyl halides is 6. The molecule has 1 aromatic heterocycles. The topological polar surface area (TPSA) is 61.8 Å². The van der Waals surface area contributed by atoms with Gasteiger partial charge in [-0.1, -0.05) is 0 Å². The van der Waals surface area contributed by atoms with E-state index >= 15 is 0 Å². The molecule has 0 fully saturated rings. The van der Waals surface area contributed by atoms with E-state index in [1.165, 1.54) is 6.07 Å². The lowest BCUT2D eigenvalue weighted by molar-refractivity contribution is -0.141. The van der Waals surface area contributed by atoms with Crippen LogP contribution < -0.4 is 0 Å². The van der Waals surface area contributed by atoms with E-state index in [4.69, 9.17) is 5.26 Å². The second-order valence-electron chi connectivity index (χ2n) is 4.59. The van der Waals surface area contributed by atoms with Crippen LogP contribution in [0.1, 0.15) is 16.8 Å². The largest absolute Gasteiger partial charge is 0.507 e. The fourth-order valence-corrected chi connectivity index (χ4v) is 2.02. The van der Waals surface area contributed by atoms with Crippen molar-refractivity contribution >= 4 is 0 Å². The van der Waals surface area contributed by atoms with Crippen molar-refractivity contribution in [1.29, 1.82) is 5.26 Å². The summed E-state index contributed by atoms with van der Waals surface area (Å²) in [6.45, 7) is 0. The van der Waals surface area contributed by atoms with Crippen molar-refractivity contribution in [2.75, 3.05) is 0 Å². The molecule has 10 heteroatoms. The average molecular weight is 335 g/mol. The number of benzene rings is 1. The molecule has 0 aliphatic rings. The lowest BCUT2D eigenvalue weighted by Crippen LogP contribution is -2.09. The Hall–Kier alpha value is -2.70. The molecule has 2 rings (SSSR count). The predicted octanol–water partition coefficient (Wildman–Crippen LogP) is 3.70. The third kappa shape index (κ3) is 3.08. The number of aryl methyl sites for hydroxylation is 1. The third-order valence-corrected chi connectivity index (χ3v) is 2.93. The minimum atomic E-state index is -5.04. The van der Waals surface area contributed by atoms with Gasteiger partial charge in [-0.3, -0.25) is 4.68 Å². The van der Waals surface area contributed by atoms with Crippen LogP contribution in [0.3, 0.4) is 0 Å². The minimum absolute atomic E-state index is 0.364. The number of nitrogens with zero attached hydrogens (tertiary/aromatic N) is 3. The Labute approximate surface area is 125 Å². The first-order chi connectivity index (χ1) is 10.4. The van der Waals surface area contributed by atoms with Gasteiger partial charge in [0, 0.05) is 24.4 Å². The van der Waals surface area contributed by atoms with Crippen LogP contribution in [-0.2, 0) is 19.4 Å². The van der Waals surface area contributed by atoms with Crippen LogP contribution >= 0.6 is 0 Å². The van der Waals surface area contributed by atoms with Crippen LogP contribution in [0.25, 0.3) is 11.1 Å². The molecule has 0 bridgehead atoms. The fourth-order valence-electron chi connectivity index (χ4n) is 2.02. The zero-order valence-electron chi connectivity index (χ0n) is 11.3. The van der Waals surface area contributed by atoms with E-state index < -0.39 is 46.0 Å². The Bertz CT molecular complexity index is 798. The highest BCUT2D eigenvalue weighted by Crippen LogP contribution is 2.45. The molecule has 0 unspecified atom stereocenters. The van der Waals surface area contributed by atoms with Crippen LogP contribution in [0.15, 0.2) is 18.3 Å². The number of hydrogen-bond acceptors (Lipinski definition) is 3. The third-order valence-electron chi connectivity index (χ3n) is 2.93. The zero-order chi connectivity index (χ0) is 17.6. The Morgan fingerprint density at radius 2 is 1.70 bits per heavy atom. The summed E-state index contributed by atoms with van der Waals surface area (Å²) in [4.78, 5) is 0. The first-order valence-corrected chi connectivity index (χ1v) is 5.90. The molecule has 1 heterocycles. The van der Waals surface area contributed by atoms with Crippen molar-refractivity contribution in [2.45, 2.75) is 12.4 Å². The van der Waals surface area contributed by atoms with E-state index in [9.17, 15) is 31.4 Å². The fraction of sp³-hybridized carbons (Fsp3) is 0.231. The molecule has 4 nitrogen and oxygen atoms in total. The number of nitriles is 1. The van der Waals surface area contributed by atoms with Gasteiger partial charge < -0.3 is 5.11 Å². The van der Waals surface area contributed by atoms with Crippen molar-refractivity contribution < 1.29 is 31.4 Å². The van der Waals surface area contributed by atoms with Gasteiger partial charge in [-0.05, 0) is 12.1 Å². The van der Waals surface area contributed by atoms with Crippen molar-refractivity contribution in [1.82, 2.24) is 9.78 Å². The van der Waals surface area contributed by atoms with Gasteiger partial charge in [0.2, 0.25) is 0 Å². The smallest absolute Gasteiger partial charge is 0.435 e. The molecule has 23 heavy (non-hydrogen) atoms. The van der Waals surface area contributed by atoms with Gasteiger partial charge in [-0.2, -0.15) is 36.7 Å². The predicted molar refractivity (Wildman–Crippen MR) is 65.0 cm³/mol. The normalized spacial score (nSPS) is 12.3. The Kier molecular flexibility index (Phi) is 3.76. The van der Waals surface area contributed by atoms with E-state index in [-0.39, 0.29) is 0 Å². The number of aromatic nitrogens is 2. The van der Waals surface area contributed by atoms with Crippen LogP contribution in [0.2, 0.25) is 0 Å². The summed E-state index contributed by atoms with van der Waals surface area (Å²) in [6, 6.07) is 2.53. The number of hydrogen-bond donors (Lipinski definition) is 1. The monoisotopic (exact) mass is 335 g/mol. The van der Waals surface area contributed by atoms with Crippen LogP contribution in [0.5, 0.6) is 5.75 Å². The summed E-state index contributed by atoms with van der Waals surface area (Å²) in [5, 5.41) is 21.7. The van der Waals surface area contributed by atoms with E-state index in [0.717, 1.165) is 24.0 Å². The van der Waals surface area contributed by atoms with Crippen molar-refractivity contribution in [2.24, 2.45) is 7.05 Å². The molecule has 0 spiro atoms. The molecule has 0 radical (unpaired) electrons. The van der Waals surface area contributed by atoms with Gasteiger partial charge in [0.15, 0.2) is 5.69 Å². The van der Waals surface area contributed by atoms with E-state index in [1.54, 1.807) is 0 Å². The summed E-state index contributed by atoms with van der Waals surface area (Å²) >= 11 is 0. The number of phenolic OH excluding ortho intramolecular Hbond substituents is 1. The number of aromatic hydroxyl groups is 1. The molecule has 1 N–H and O–H groups in total. The number of halogens is 6. The van der Waals surface area contributed by atoms with Crippen molar-refractivity contribution in [3.05, 3.63) is 35.2 Å². The second kappa shape index (κ2) is 5.19. The second-order valence-corrected chi connectivity index (χ2v) is 4.59. The number of rotatable bonds is 1. The highest BCUT2D eigenvalue weighted by molar-refractivity contribution is 5.75. The molecule has 0 aliphatic heterocycles. The molecule has 0 saturated carbocycles. The lowest BCUT2D eigenvalue weighted by atomic mass is 9.98. The lowest BCUT2D eigenvalue weighted by Gasteiger charge is -2.14. The summed E-state index contributed by atoms with van der Waals surface area (Å²) in [5.41, 5.74) is -5.11. The van der Waals surface area contributed by atoms with Gasteiger partial charge in [0.1, 0.15) is 5.75 Å². The first-order valence-electron chi connectivity index (χ1n) is 5.90. The Balaban J connectivity index is 2.83. The van der Waals surface area contributed by atoms with Crippen molar-refractivity contribution in [3.63, 3.8) is 0 Å². The van der Waals surface area contributed by atoms with Gasteiger partial charge in [0.05, 0.1) is 17.2 Å². The highest BCUT2D eigenvalue weighted by atomic mass is 19.4. The average Bonchev–Trinajstić information content (AvgIpc) is 2.79. The summed E-state index contributed by atoms with van der Waals surface area (Å²) < 4.78 is 78.3. The van der Waals surface area contributed by atoms with E-state index in [1.807, 2.05) is 0 Å². The molecule has 2 aromatic rings. The molecule has 1 aromatic carbocycles. The molecule has 122 valence electrons. The van der Waals surface area contributed by atoms with E-state index in [2.05, 4.69) is 5.10 Å². The maximum atomic E-state index is 13.0. The maximum absolute atomic E-state index is 13.0. The molecular weight excluding hydrogens is 328 g/mol. The Morgan fingerprint density at radius 1 is 1.09 bits per heavy atom. The molecule has 0 atom stereocenters. The van der Waals surface area contributed by atoms with Gasteiger partial charge in [-0.25, -0.2) is 0 Å². The number of phenols is 1. The van der Waals surface area contributed by atoms with Crippen LogP contribution in [0, 0.1) is 11.3 Å². The molecule has 0 saturated heterocycles. The quantitative estimate of drug-likeness (QED) is 0.808. The molecule has 0 aliphatic carbocycles. The molecule has 0 amide bonds. The summed E-state index contributed by atoms with van der Waals surface area (Å²) in [5.74, 6) is -1.39. The van der Waals surface area contributed by atoms with Gasteiger partial charge >= 0.3 is 12.4 Å². The zero-order valence-corrected chi connectivity index (χ0v) is 11.3. The SMILES string of the molecule is Cn1cc(-c2cc(C#N)cc(C(F)(F)F)c2O)c(C(F)(F)F)n1. The summed E-state index contributed by atoms with van der Waals surface area (Å²) in [6.07, 6.45) is -9.16. The molecular formula is C13H7F6N3O. The first kappa shape index (κ1) is 16.7. The highest BCUT2D eigenvalue weighted by Gasteiger charge is 2.40. The maximum Gasteiger partial charge on any atom is 0.435 e. The van der Waals surface area contributed by atoms with Crippen LogP contribution in [0.4, 0.5) is 26.3 Å².